The Morgan fingerprint density at radius 1 is 1.42 bits per heavy atom. The minimum Gasteiger partial charge on any atom is -0.481 e. The van der Waals surface area contributed by atoms with Gasteiger partial charge in [0.2, 0.25) is 0 Å². The van der Waals surface area contributed by atoms with Gasteiger partial charge in [-0.25, -0.2) is 0 Å². The third-order valence-electron chi connectivity index (χ3n) is 1.56. The second-order valence-corrected chi connectivity index (χ2v) is 5.01. The van der Waals surface area contributed by atoms with Gasteiger partial charge in [-0.2, -0.15) is 11.8 Å². The third-order valence-corrected chi connectivity index (χ3v) is 2.77. The molecule has 0 aliphatic rings. The fourth-order valence-corrected chi connectivity index (χ4v) is 2.08. The van der Waals surface area contributed by atoms with Crippen LogP contribution in [0.2, 0.25) is 0 Å². The van der Waals surface area contributed by atoms with Crippen LogP contribution in [-0.4, -0.2) is 22.1 Å². The Kier molecular flexibility index (Phi) is 6.25. The van der Waals surface area contributed by atoms with Crippen molar-refractivity contribution in [2.75, 3.05) is 5.75 Å². The number of carboxylic acid groups (broad SMARTS) is 1. The second-order valence-electron chi connectivity index (χ2n) is 3.46. The number of carboxylic acids is 1. The van der Waals surface area contributed by atoms with E-state index < -0.39 is 5.97 Å². The second kappa shape index (κ2) is 6.35. The average Bonchev–Trinajstić information content (AvgIpc) is 1.84. The summed E-state index contributed by atoms with van der Waals surface area (Å²) in [5.41, 5.74) is 0. The molecule has 72 valence electrons. The van der Waals surface area contributed by atoms with Crippen molar-refractivity contribution in [1.29, 1.82) is 0 Å². The zero-order valence-electron chi connectivity index (χ0n) is 8.04. The van der Waals surface area contributed by atoms with E-state index in [-0.39, 0.29) is 11.7 Å². The first-order chi connectivity index (χ1) is 5.52. The summed E-state index contributed by atoms with van der Waals surface area (Å²) in [5.74, 6) is 1.10. The summed E-state index contributed by atoms with van der Waals surface area (Å²) in [6, 6.07) is 0. The van der Waals surface area contributed by atoms with Gasteiger partial charge in [0.05, 0.1) is 6.42 Å². The Hall–Kier alpha value is -0.180. The molecule has 0 heterocycles. The number of thioether (sulfide) groups is 1. The predicted octanol–water partition coefficient (Wildman–Crippen LogP) is 2.63. The maximum atomic E-state index is 10.3. The van der Waals surface area contributed by atoms with Gasteiger partial charge in [-0.1, -0.05) is 20.8 Å². The van der Waals surface area contributed by atoms with Crippen LogP contribution < -0.4 is 0 Å². The molecule has 0 saturated heterocycles. The zero-order valence-corrected chi connectivity index (χ0v) is 8.86. The van der Waals surface area contributed by atoms with Crippen molar-refractivity contribution in [2.24, 2.45) is 5.92 Å². The molecule has 0 aromatic carbocycles. The van der Waals surface area contributed by atoms with Crippen molar-refractivity contribution in [3.8, 4) is 0 Å². The lowest BCUT2D eigenvalue weighted by molar-refractivity contribution is -0.136. The van der Waals surface area contributed by atoms with Crippen molar-refractivity contribution in [1.82, 2.24) is 0 Å². The van der Waals surface area contributed by atoms with Gasteiger partial charge in [0.15, 0.2) is 0 Å². The molecule has 0 spiro atoms. The van der Waals surface area contributed by atoms with E-state index in [0.717, 1.165) is 11.7 Å². The van der Waals surface area contributed by atoms with Crippen molar-refractivity contribution >= 4 is 17.7 Å². The molecule has 0 radical (unpaired) electrons. The molecule has 2 nitrogen and oxygen atoms in total. The van der Waals surface area contributed by atoms with Crippen LogP contribution in [0.3, 0.4) is 0 Å². The van der Waals surface area contributed by atoms with Gasteiger partial charge in [0, 0.05) is 5.25 Å². The summed E-state index contributed by atoms with van der Waals surface area (Å²) in [5, 5.41) is 8.73. The number of hydrogen-bond donors (Lipinski definition) is 1. The third kappa shape index (κ3) is 7.92. The molecule has 0 aromatic rings. The molecule has 0 aromatic heterocycles. The summed E-state index contributed by atoms with van der Waals surface area (Å²) < 4.78 is 0. The average molecular weight is 190 g/mol. The van der Waals surface area contributed by atoms with Crippen LogP contribution in [0.1, 0.15) is 33.6 Å². The molecule has 3 heteroatoms. The molecule has 1 N–H and O–H groups in total. The first kappa shape index (κ1) is 11.8. The molecule has 0 amide bonds. The Balaban J connectivity index is 3.31. The van der Waals surface area contributed by atoms with Crippen molar-refractivity contribution < 1.29 is 9.90 Å². The SMILES string of the molecule is CC(C)CCSC(C)CC(=O)O. The Labute approximate surface area is 78.7 Å². The van der Waals surface area contributed by atoms with Gasteiger partial charge in [0.1, 0.15) is 0 Å². The maximum Gasteiger partial charge on any atom is 0.304 e. The van der Waals surface area contributed by atoms with E-state index in [2.05, 4.69) is 13.8 Å². The minimum absolute atomic E-state index is 0.251. The van der Waals surface area contributed by atoms with Crippen LogP contribution in [0.4, 0.5) is 0 Å². The van der Waals surface area contributed by atoms with E-state index in [0.29, 0.717) is 0 Å². The van der Waals surface area contributed by atoms with Gasteiger partial charge in [-0.3, -0.25) is 4.79 Å². The monoisotopic (exact) mass is 190 g/mol. The first-order valence-electron chi connectivity index (χ1n) is 4.35. The molecule has 0 aliphatic carbocycles. The zero-order chi connectivity index (χ0) is 9.56. The molecule has 0 bridgehead atoms. The van der Waals surface area contributed by atoms with Gasteiger partial charge < -0.3 is 5.11 Å². The number of carbonyl (C=O) groups is 1. The molecular weight excluding hydrogens is 172 g/mol. The Morgan fingerprint density at radius 3 is 2.42 bits per heavy atom. The van der Waals surface area contributed by atoms with Crippen LogP contribution in [0, 0.1) is 5.92 Å². The highest BCUT2D eigenvalue weighted by Gasteiger charge is 2.07. The standard InChI is InChI=1S/C9H18O2S/c1-7(2)4-5-12-8(3)6-9(10)11/h7-8H,4-6H2,1-3H3,(H,10,11). The summed E-state index contributed by atoms with van der Waals surface area (Å²) in [4.78, 5) is 10.3. The number of rotatable bonds is 6. The van der Waals surface area contributed by atoms with E-state index in [4.69, 9.17) is 5.11 Å². The normalized spacial score (nSPS) is 13.3. The summed E-state index contributed by atoms with van der Waals surface area (Å²) in [6.45, 7) is 6.34. The number of hydrogen-bond acceptors (Lipinski definition) is 2. The Morgan fingerprint density at radius 2 is 2.00 bits per heavy atom. The van der Waals surface area contributed by atoms with E-state index in [1.54, 1.807) is 11.8 Å². The highest BCUT2D eigenvalue weighted by Crippen LogP contribution is 2.17. The quantitative estimate of drug-likeness (QED) is 0.699. The lowest BCUT2D eigenvalue weighted by atomic mass is 10.2. The molecule has 0 fully saturated rings. The van der Waals surface area contributed by atoms with Gasteiger partial charge in [-0.05, 0) is 18.1 Å². The van der Waals surface area contributed by atoms with Crippen LogP contribution in [0.15, 0.2) is 0 Å². The van der Waals surface area contributed by atoms with Crippen LogP contribution in [-0.2, 0) is 4.79 Å². The topological polar surface area (TPSA) is 37.3 Å². The molecule has 0 saturated carbocycles. The van der Waals surface area contributed by atoms with Crippen LogP contribution in [0.25, 0.3) is 0 Å². The van der Waals surface area contributed by atoms with E-state index in [1.165, 1.54) is 6.42 Å². The largest absolute Gasteiger partial charge is 0.481 e. The fourth-order valence-electron chi connectivity index (χ4n) is 0.810. The summed E-state index contributed by atoms with van der Waals surface area (Å²) >= 11 is 1.75. The summed E-state index contributed by atoms with van der Waals surface area (Å²) in [7, 11) is 0. The molecule has 12 heavy (non-hydrogen) atoms. The minimum atomic E-state index is -0.695. The van der Waals surface area contributed by atoms with Crippen molar-refractivity contribution in [2.45, 2.75) is 38.9 Å². The molecule has 1 atom stereocenters. The Bertz CT molecular complexity index is 134. The van der Waals surface area contributed by atoms with Crippen molar-refractivity contribution in [3.63, 3.8) is 0 Å². The van der Waals surface area contributed by atoms with E-state index in [1.807, 2.05) is 6.92 Å². The van der Waals surface area contributed by atoms with Crippen LogP contribution in [0.5, 0.6) is 0 Å². The summed E-state index contributed by atoms with van der Waals surface area (Å²) in [6.07, 6.45) is 1.46. The van der Waals surface area contributed by atoms with E-state index >= 15 is 0 Å². The van der Waals surface area contributed by atoms with E-state index in [9.17, 15) is 4.79 Å². The van der Waals surface area contributed by atoms with Crippen LogP contribution >= 0.6 is 11.8 Å². The number of aliphatic carboxylic acids is 1. The van der Waals surface area contributed by atoms with Crippen molar-refractivity contribution in [3.05, 3.63) is 0 Å². The molecule has 0 aliphatic heterocycles. The first-order valence-corrected chi connectivity index (χ1v) is 5.40. The van der Waals surface area contributed by atoms with Gasteiger partial charge in [0.25, 0.3) is 0 Å². The maximum absolute atomic E-state index is 10.3. The molecular formula is C9H18O2S. The lowest BCUT2D eigenvalue weighted by Gasteiger charge is -2.09. The highest BCUT2D eigenvalue weighted by atomic mass is 32.2. The molecule has 0 rings (SSSR count). The van der Waals surface area contributed by atoms with Gasteiger partial charge >= 0.3 is 5.97 Å². The predicted molar refractivity (Wildman–Crippen MR) is 53.6 cm³/mol. The lowest BCUT2D eigenvalue weighted by Crippen LogP contribution is -2.06. The molecule has 1 unspecified atom stereocenters. The van der Waals surface area contributed by atoms with Gasteiger partial charge in [-0.15, -0.1) is 0 Å². The highest BCUT2D eigenvalue weighted by molar-refractivity contribution is 7.99. The smallest absolute Gasteiger partial charge is 0.304 e. The fraction of sp³-hybridized carbons (Fsp3) is 0.889.